The van der Waals surface area contributed by atoms with Crippen LogP contribution >= 0.6 is 0 Å². The fourth-order valence-corrected chi connectivity index (χ4v) is 4.02. The molecule has 1 aliphatic rings. The van der Waals surface area contributed by atoms with Gasteiger partial charge < -0.3 is 29.6 Å². The van der Waals surface area contributed by atoms with Gasteiger partial charge in [0.05, 0.1) is 6.42 Å². The van der Waals surface area contributed by atoms with E-state index in [1.807, 2.05) is 0 Å². The minimum atomic E-state index is -0.950. The van der Waals surface area contributed by atoms with Crippen molar-refractivity contribution >= 4 is 16.9 Å². The predicted octanol–water partition coefficient (Wildman–Crippen LogP) is 3.86. The highest BCUT2D eigenvalue weighted by molar-refractivity contribution is 5.94. The molecule has 3 aromatic carbocycles. The lowest BCUT2D eigenvalue weighted by Gasteiger charge is -2.26. The number of fused-ring (bicyclic) bond motifs is 3. The number of aromatic hydroxyl groups is 4. The van der Waals surface area contributed by atoms with Gasteiger partial charge in [0.2, 0.25) is 11.2 Å². The molecular weight excluding hydrogens is 435 g/mol. The van der Waals surface area contributed by atoms with Crippen molar-refractivity contribution in [1.82, 2.24) is 0 Å². The summed E-state index contributed by atoms with van der Waals surface area (Å²) < 4.78 is 24.6. The highest BCUT2D eigenvalue weighted by Gasteiger charge is 2.34. The molecule has 8 nitrogen and oxygen atoms in total. The summed E-state index contributed by atoms with van der Waals surface area (Å²) in [6.07, 6.45) is -0.140. The number of hydrogen-bond acceptors (Lipinski definition) is 8. The zero-order chi connectivity index (χ0) is 23.4. The highest BCUT2D eigenvalue weighted by Crippen LogP contribution is 2.47. The topological polar surface area (TPSA) is 137 Å². The molecule has 2 heterocycles. The zero-order valence-electron chi connectivity index (χ0n) is 16.7. The van der Waals surface area contributed by atoms with Crippen molar-refractivity contribution in [3.05, 3.63) is 75.7 Å². The number of hydrogen-bond donors (Lipinski definition) is 4. The Morgan fingerprint density at radius 2 is 1.61 bits per heavy atom. The van der Waals surface area contributed by atoms with Gasteiger partial charge in [-0.2, -0.15) is 0 Å². The first-order valence-electron chi connectivity index (χ1n) is 9.78. The highest BCUT2D eigenvalue weighted by atomic mass is 19.1. The molecule has 0 saturated heterocycles. The van der Waals surface area contributed by atoms with Crippen LogP contribution in [0.4, 0.5) is 4.39 Å². The van der Waals surface area contributed by atoms with E-state index in [0.717, 1.165) is 18.2 Å². The van der Waals surface area contributed by atoms with Crippen molar-refractivity contribution in [1.29, 1.82) is 0 Å². The SMILES string of the molecule is O=C1C[C@@H](c2ccc(F)cc2)c2c(cc(O)c3c(=O)c(O)c(-c4ccc(O)c(O)c4)oc23)O1. The zero-order valence-corrected chi connectivity index (χ0v) is 16.7. The lowest BCUT2D eigenvalue weighted by atomic mass is 9.85. The monoisotopic (exact) mass is 450 g/mol. The smallest absolute Gasteiger partial charge is 0.312 e. The fraction of sp³-hybridized carbons (Fsp3) is 0.0833. The molecule has 0 spiro atoms. The molecule has 1 atom stereocenters. The van der Waals surface area contributed by atoms with Crippen LogP contribution in [0.3, 0.4) is 0 Å². The Morgan fingerprint density at radius 3 is 2.30 bits per heavy atom. The van der Waals surface area contributed by atoms with Crippen molar-refractivity contribution in [2.24, 2.45) is 0 Å². The lowest BCUT2D eigenvalue weighted by molar-refractivity contribution is -0.135. The number of esters is 1. The number of carbonyl (C=O) groups is 1. The van der Waals surface area contributed by atoms with E-state index in [-0.39, 0.29) is 40.0 Å². The van der Waals surface area contributed by atoms with Gasteiger partial charge in [-0.05, 0) is 35.9 Å². The van der Waals surface area contributed by atoms with Gasteiger partial charge in [0, 0.05) is 23.1 Å². The van der Waals surface area contributed by atoms with Gasteiger partial charge >= 0.3 is 5.97 Å². The van der Waals surface area contributed by atoms with E-state index in [2.05, 4.69) is 0 Å². The molecule has 4 N–H and O–H groups in total. The minimum absolute atomic E-state index is 0.0427. The normalized spacial score (nSPS) is 15.3. The first-order valence-corrected chi connectivity index (χ1v) is 9.78. The van der Waals surface area contributed by atoms with Crippen LogP contribution in [-0.2, 0) is 4.79 Å². The minimum Gasteiger partial charge on any atom is -0.507 e. The third-order valence-electron chi connectivity index (χ3n) is 5.58. The number of rotatable bonds is 2. The second kappa shape index (κ2) is 7.27. The Labute approximate surface area is 184 Å². The molecule has 0 saturated carbocycles. The summed E-state index contributed by atoms with van der Waals surface area (Å²) in [7, 11) is 0. The molecule has 4 aromatic rings. The molecule has 0 aliphatic carbocycles. The quantitative estimate of drug-likeness (QED) is 0.205. The summed E-state index contributed by atoms with van der Waals surface area (Å²) in [5, 5.41) is 40.0. The third-order valence-corrected chi connectivity index (χ3v) is 5.58. The van der Waals surface area contributed by atoms with E-state index in [1.54, 1.807) is 0 Å². The standard InChI is InChI=1S/C24H15FO8/c25-12-4-1-10(2-5-12)13-8-18(29)32-17-9-16(28)20-21(30)22(31)23(33-24(20)19(13)17)11-3-6-14(26)15(27)7-11/h1-7,9,13,26-28,31H,8H2/t13-/m0/s1. The largest absolute Gasteiger partial charge is 0.507 e. The van der Waals surface area contributed by atoms with Crippen molar-refractivity contribution in [2.45, 2.75) is 12.3 Å². The molecule has 0 fully saturated rings. The Morgan fingerprint density at radius 1 is 0.879 bits per heavy atom. The first-order chi connectivity index (χ1) is 15.7. The van der Waals surface area contributed by atoms with Crippen molar-refractivity contribution in [3.63, 3.8) is 0 Å². The summed E-state index contributed by atoms with van der Waals surface area (Å²) in [5.74, 6) is -4.46. The van der Waals surface area contributed by atoms with Gasteiger partial charge in [0.15, 0.2) is 17.3 Å². The van der Waals surface area contributed by atoms with Crippen LogP contribution in [-0.4, -0.2) is 26.4 Å². The predicted molar refractivity (Wildman–Crippen MR) is 113 cm³/mol. The second-order valence-corrected chi connectivity index (χ2v) is 7.61. The maximum Gasteiger partial charge on any atom is 0.312 e. The third kappa shape index (κ3) is 3.21. The van der Waals surface area contributed by atoms with E-state index >= 15 is 0 Å². The molecule has 0 unspecified atom stereocenters. The number of halogens is 1. The van der Waals surface area contributed by atoms with Gasteiger partial charge in [-0.25, -0.2) is 4.39 Å². The molecule has 1 aliphatic heterocycles. The van der Waals surface area contributed by atoms with Gasteiger partial charge in [0.25, 0.3) is 0 Å². The number of phenols is 3. The van der Waals surface area contributed by atoms with Gasteiger partial charge in [-0.15, -0.1) is 0 Å². The average Bonchev–Trinajstić information content (AvgIpc) is 2.77. The van der Waals surface area contributed by atoms with Gasteiger partial charge in [-0.3, -0.25) is 9.59 Å². The van der Waals surface area contributed by atoms with E-state index in [9.17, 15) is 34.4 Å². The van der Waals surface area contributed by atoms with Crippen LogP contribution in [0.15, 0.2) is 57.7 Å². The summed E-state index contributed by atoms with van der Waals surface area (Å²) in [6.45, 7) is 0. The molecule has 166 valence electrons. The summed E-state index contributed by atoms with van der Waals surface area (Å²) in [5.41, 5.74) is -0.215. The number of ether oxygens (including phenoxy) is 1. The molecule has 0 radical (unpaired) electrons. The van der Waals surface area contributed by atoms with E-state index in [4.69, 9.17) is 9.15 Å². The van der Waals surface area contributed by atoms with Crippen LogP contribution in [0.25, 0.3) is 22.3 Å². The molecule has 33 heavy (non-hydrogen) atoms. The maximum atomic E-state index is 13.5. The van der Waals surface area contributed by atoms with Crippen LogP contribution in [0.1, 0.15) is 23.5 Å². The Kier molecular flexibility index (Phi) is 4.49. The molecular formula is C24H15FO8. The molecule has 5 rings (SSSR count). The summed E-state index contributed by atoms with van der Waals surface area (Å²) in [4.78, 5) is 25.2. The van der Waals surface area contributed by atoms with Crippen molar-refractivity contribution < 1.29 is 38.8 Å². The average molecular weight is 450 g/mol. The van der Waals surface area contributed by atoms with Crippen molar-refractivity contribution in [2.75, 3.05) is 0 Å². The lowest BCUT2D eigenvalue weighted by Crippen LogP contribution is -2.22. The summed E-state index contributed by atoms with van der Waals surface area (Å²) >= 11 is 0. The van der Waals surface area contributed by atoms with E-state index in [0.29, 0.717) is 5.56 Å². The van der Waals surface area contributed by atoms with Gasteiger partial charge in [-0.1, -0.05) is 12.1 Å². The van der Waals surface area contributed by atoms with E-state index < -0.39 is 46.1 Å². The second-order valence-electron chi connectivity index (χ2n) is 7.61. The van der Waals surface area contributed by atoms with E-state index in [1.165, 1.54) is 30.3 Å². The maximum absolute atomic E-state index is 13.5. The van der Waals surface area contributed by atoms with Crippen LogP contribution in [0.5, 0.6) is 28.7 Å². The van der Waals surface area contributed by atoms with Crippen molar-refractivity contribution in [3.8, 4) is 40.1 Å². The first kappa shape index (κ1) is 20.4. The van der Waals surface area contributed by atoms with Gasteiger partial charge in [0.1, 0.15) is 28.3 Å². The Balaban J connectivity index is 1.85. The molecule has 9 heteroatoms. The number of phenolic OH excluding ortho intramolecular Hbond substituents is 3. The van der Waals surface area contributed by atoms with Crippen LogP contribution in [0.2, 0.25) is 0 Å². The Hall–Kier alpha value is -4.53. The van der Waals surface area contributed by atoms with Crippen LogP contribution in [0, 0.1) is 5.82 Å². The number of benzene rings is 3. The summed E-state index contributed by atoms with van der Waals surface area (Å²) in [6, 6.07) is 10.1. The molecule has 1 aromatic heterocycles. The Bertz CT molecular complexity index is 1500. The molecule has 0 amide bonds. The van der Waals surface area contributed by atoms with Crippen LogP contribution < -0.4 is 10.2 Å². The number of carbonyl (C=O) groups excluding carboxylic acids is 1. The fourth-order valence-electron chi connectivity index (χ4n) is 4.02. The molecule has 0 bridgehead atoms.